The molecule has 0 saturated heterocycles. The molecular weight excluding hydrogens is 228 g/mol. The molecule has 1 rings (SSSR count). The number of hydrogen-bond donors (Lipinski definition) is 1. The highest BCUT2D eigenvalue weighted by Crippen LogP contribution is 2.11. The number of rotatable bonds is 5. The third-order valence-electron chi connectivity index (χ3n) is 2.02. The molecule has 88 valence electrons. The maximum absolute atomic E-state index is 11.5. The van der Waals surface area contributed by atoms with Crippen LogP contribution in [0, 0.1) is 6.92 Å². The van der Waals surface area contributed by atoms with Crippen molar-refractivity contribution in [2.24, 2.45) is 0 Å². The molecule has 5 nitrogen and oxygen atoms in total. The minimum absolute atomic E-state index is 0.171. The average molecular weight is 242 g/mol. The van der Waals surface area contributed by atoms with Crippen LogP contribution in [0.5, 0.6) is 0 Å². The van der Waals surface area contributed by atoms with Crippen molar-refractivity contribution in [3.05, 3.63) is 16.1 Å². The Hall–Kier alpha value is -1.43. The molecule has 16 heavy (non-hydrogen) atoms. The molecule has 1 aromatic heterocycles. The molecule has 0 saturated carbocycles. The van der Waals surface area contributed by atoms with Crippen molar-refractivity contribution in [1.82, 2.24) is 9.88 Å². The number of nitrogens with zero attached hydrogens (tertiary/aromatic N) is 2. The van der Waals surface area contributed by atoms with Gasteiger partial charge in [0.15, 0.2) is 0 Å². The third kappa shape index (κ3) is 3.98. The standard InChI is InChI=1S/C10H14N2O3S/c1-7-6-16-8(11-7)3-4-9(13)12(2)5-10(14)15/h6H,3-5H2,1-2H3,(H,14,15). The van der Waals surface area contributed by atoms with E-state index in [0.717, 1.165) is 10.7 Å². The second-order valence-electron chi connectivity index (χ2n) is 3.53. The lowest BCUT2D eigenvalue weighted by Crippen LogP contribution is -2.32. The van der Waals surface area contributed by atoms with Crippen molar-refractivity contribution in [3.8, 4) is 0 Å². The zero-order valence-electron chi connectivity index (χ0n) is 9.27. The van der Waals surface area contributed by atoms with Crippen molar-refractivity contribution >= 4 is 23.2 Å². The average Bonchev–Trinajstić information content (AvgIpc) is 2.59. The van der Waals surface area contributed by atoms with Gasteiger partial charge in [0.2, 0.25) is 5.91 Å². The van der Waals surface area contributed by atoms with Gasteiger partial charge in [0.05, 0.1) is 5.01 Å². The van der Waals surface area contributed by atoms with E-state index in [0.29, 0.717) is 12.8 Å². The Kier molecular flexibility index (Phi) is 4.42. The van der Waals surface area contributed by atoms with Crippen molar-refractivity contribution < 1.29 is 14.7 Å². The number of thiazole rings is 1. The lowest BCUT2D eigenvalue weighted by atomic mass is 10.3. The zero-order valence-corrected chi connectivity index (χ0v) is 10.1. The SMILES string of the molecule is Cc1csc(CCC(=O)N(C)CC(=O)O)n1. The van der Waals surface area contributed by atoms with Crippen LogP contribution in [0.3, 0.4) is 0 Å². The van der Waals surface area contributed by atoms with Crippen LogP contribution in [0.25, 0.3) is 0 Å². The normalized spacial score (nSPS) is 10.1. The molecule has 1 amide bonds. The summed E-state index contributed by atoms with van der Waals surface area (Å²) in [4.78, 5) is 27.3. The molecule has 0 aliphatic rings. The molecule has 0 fully saturated rings. The Bertz CT molecular complexity index is 389. The van der Waals surface area contributed by atoms with Gasteiger partial charge in [-0.25, -0.2) is 4.98 Å². The molecule has 0 spiro atoms. The van der Waals surface area contributed by atoms with Gasteiger partial charge in [-0.15, -0.1) is 11.3 Å². The van der Waals surface area contributed by atoms with Crippen LogP contribution in [0.4, 0.5) is 0 Å². The van der Waals surface area contributed by atoms with E-state index < -0.39 is 5.97 Å². The highest BCUT2D eigenvalue weighted by Gasteiger charge is 2.12. The molecule has 1 aromatic rings. The van der Waals surface area contributed by atoms with E-state index in [1.54, 1.807) is 0 Å². The molecule has 0 atom stereocenters. The summed E-state index contributed by atoms with van der Waals surface area (Å²) in [6, 6.07) is 0. The third-order valence-corrected chi connectivity index (χ3v) is 3.04. The minimum Gasteiger partial charge on any atom is -0.480 e. The fourth-order valence-corrected chi connectivity index (χ4v) is 1.99. The first-order chi connectivity index (χ1) is 7.49. The number of carbonyl (C=O) groups excluding carboxylic acids is 1. The second kappa shape index (κ2) is 5.60. The number of hydrogen-bond acceptors (Lipinski definition) is 4. The van der Waals surface area contributed by atoms with Gasteiger partial charge in [-0.1, -0.05) is 0 Å². The molecule has 0 aromatic carbocycles. The number of amides is 1. The number of aromatic nitrogens is 1. The molecule has 0 unspecified atom stereocenters. The Morgan fingerprint density at radius 1 is 1.56 bits per heavy atom. The molecular formula is C10H14N2O3S. The first kappa shape index (κ1) is 12.6. The molecule has 0 aliphatic heterocycles. The molecule has 6 heteroatoms. The first-order valence-corrected chi connectivity index (χ1v) is 5.73. The van der Waals surface area contributed by atoms with Gasteiger partial charge in [0.1, 0.15) is 6.54 Å². The fraction of sp³-hybridized carbons (Fsp3) is 0.500. The number of carboxylic acids is 1. The van der Waals surface area contributed by atoms with Crippen LogP contribution >= 0.6 is 11.3 Å². The summed E-state index contributed by atoms with van der Waals surface area (Å²) in [5.41, 5.74) is 0.950. The number of carboxylic acid groups (broad SMARTS) is 1. The van der Waals surface area contributed by atoms with Crippen LogP contribution in [-0.4, -0.2) is 40.5 Å². The monoisotopic (exact) mass is 242 g/mol. The Morgan fingerprint density at radius 2 is 2.25 bits per heavy atom. The quantitative estimate of drug-likeness (QED) is 0.833. The topological polar surface area (TPSA) is 70.5 Å². The Morgan fingerprint density at radius 3 is 2.75 bits per heavy atom. The van der Waals surface area contributed by atoms with E-state index in [2.05, 4.69) is 4.98 Å². The maximum Gasteiger partial charge on any atom is 0.323 e. The lowest BCUT2D eigenvalue weighted by molar-refractivity contribution is -0.143. The van der Waals surface area contributed by atoms with E-state index in [1.807, 2.05) is 12.3 Å². The van der Waals surface area contributed by atoms with Crippen LogP contribution in [0.2, 0.25) is 0 Å². The highest BCUT2D eigenvalue weighted by molar-refractivity contribution is 7.09. The molecule has 0 bridgehead atoms. The van der Waals surface area contributed by atoms with Gasteiger partial charge in [-0.05, 0) is 6.92 Å². The van der Waals surface area contributed by atoms with E-state index in [1.165, 1.54) is 23.3 Å². The van der Waals surface area contributed by atoms with Crippen LogP contribution in [-0.2, 0) is 16.0 Å². The lowest BCUT2D eigenvalue weighted by Gasteiger charge is -2.13. The van der Waals surface area contributed by atoms with Gasteiger partial charge in [-0.2, -0.15) is 0 Å². The molecule has 0 radical (unpaired) electrons. The summed E-state index contributed by atoms with van der Waals surface area (Å²) < 4.78 is 0. The van der Waals surface area contributed by atoms with E-state index >= 15 is 0 Å². The van der Waals surface area contributed by atoms with Gasteiger partial charge >= 0.3 is 5.97 Å². The van der Waals surface area contributed by atoms with Crippen LogP contribution < -0.4 is 0 Å². The maximum atomic E-state index is 11.5. The van der Waals surface area contributed by atoms with Gasteiger partial charge in [0, 0.05) is 31.0 Å². The fourth-order valence-electron chi connectivity index (χ4n) is 1.21. The number of likely N-dealkylation sites (N-methyl/N-ethyl adjacent to an activating group) is 1. The summed E-state index contributed by atoms with van der Waals surface area (Å²) >= 11 is 1.52. The van der Waals surface area contributed by atoms with Gasteiger partial charge in [-0.3, -0.25) is 9.59 Å². The highest BCUT2D eigenvalue weighted by atomic mass is 32.1. The largest absolute Gasteiger partial charge is 0.480 e. The Balaban J connectivity index is 2.37. The van der Waals surface area contributed by atoms with Crippen LogP contribution in [0.1, 0.15) is 17.1 Å². The van der Waals surface area contributed by atoms with Crippen molar-refractivity contribution in [2.75, 3.05) is 13.6 Å². The summed E-state index contributed by atoms with van der Waals surface area (Å²) in [5, 5.41) is 11.4. The number of carbonyl (C=O) groups is 2. The second-order valence-corrected chi connectivity index (χ2v) is 4.47. The van der Waals surface area contributed by atoms with Crippen LogP contribution in [0.15, 0.2) is 5.38 Å². The number of aliphatic carboxylic acids is 1. The predicted octanol–water partition coefficient (Wildman–Crippen LogP) is 0.927. The molecule has 1 heterocycles. The smallest absolute Gasteiger partial charge is 0.323 e. The van der Waals surface area contributed by atoms with E-state index in [4.69, 9.17) is 5.11 Å². The van der Waals surface area contributed by atoms with Gasteiger partial charge < -0.3 is 10.0 Å². The first-order valence-electron chi connectivity index (χ1n) is 4.86. The summed E-state index contributed by atoms with van der Waals surface area (Å²) in [6.07, 6.45) is 0.873. The summed E-state index contributed by atoms with van der Waals surface area (Å²) in [6.45, 7) is 1.65. The van der Waals surface area contributed by atoms with Crippen molar-refractivity contribution in [1.29, 1.82) is 0 Å². The summed E-state index contributed by atoms with van der Waals surface area (Å²) in [7, 11) is 1.49. The van der Waals surface area contributed by atoms with E-state index in [9.17, 15) is 9.59 Å². The molecule has 1 N–H and O–H groups in total. The van der Waals surface area contributed by atoms with Crippen molar-refractivity contribution in [3.63, 3.8) is 0 Å². The van der Waals surface area contributed by atoms with E-state index in [-0.39, 0.29) is 12.5 Å². The minimum atomic E-state index is -0.999. The summed E-state index contributed by atoms with van der Waals surface area (Å²) in [5.74, 6) is -1.17. The zero-order chi connectivity index (χ0) is 12.1. The molecule has 0 aliphatic carbocycles. The number of aryl methyl sites for hydroxylation is 2. The predicted molar refractivity (Wildman–Crippen MR) is 60.4 cm³/mol. The Labute approximate surface area is 97.7 Å². The van der Waals surface area contributed by atoms with Gasteiger partial charge in [0.25, 0.3) is 0 Å². The van der Waals surface area contributed by atoms with Crippen molar-refractivity contribution in [2.45, 2.75) is 19.8 Å².